The first kappa shape index (κ1) is 13.9. The number of sulfonamides is 1. The van der Waals surface area contributed by atoms with Crippen LogP contribution in [0.25, 0.3) is 0 Å². The summed E-state index contributed by atoms with van der Waals surface area (Å²) in [5.41, 5.74) is 0.992. The molecule has 0 aromatic carbocycles. The minimum atomic E-state index is -3.10. The van der Waals surface area contributed by atoms with Crippen LogP contribution in [0.4, 0.5) is 5.13 Å². The highest BCUT2D eigenvalue weighted by molar-refractivity contribution is 7.88. The van der Waals surface area contributed by atoms with E-state index >= 15 is 0 Å². The Morgan fingerprint density at radius 3 is 2.72 bits per heavy atom. The molecule has 1 aliphatic rings. The molecule has 18 heavy (non-hydrogen) atoms. The van der Waals surface area contributed by atoms with E-state index in [1.165, 1.54) is 6.26 Å². The predicted octanol–water partition coefficient (Wildman–Crippen LogP) is 0.665. The van der Waals surface area contributed by atoms with Crippen LogP contribution in [0.2, 0.25) is 0 Å². The first-order chi connectivity index (χ1) is 8.48. The molecule has 1 aliphatic heterocycles. The van der Waals surface area contributed by atoms with Gasteiger partial charge in [-0.15, -0.1) is 11.3 Å². The van der Waals surface area contributed by atoms with E-state index in [1.807, 2.05) is 5.38 Å². The Labute approximate surface area is 113 Å². The van der Waals surface area contributed by atoms with Crippen LogP contribution in [0, 0.1) is 0 Å². The fourth-order valence-electron chi connectivity index (χ4n) is 1.97. The number of rotatable bonds is 4. The summed E-state index contributed by atoms with van der Waals surface area (Å²) < 4.78 is 25.0. The molecule has 1 fully saturated rings. The lowest BCUT2D eigenvalue weighted by Gasteiger charge is -2.31. The Morgan fingerprint density at radius 2 is 2.22 bits per heavy atom. The van der Waals surface area contributed by atoms with Gasteiger partial charge in [-0.25, -0.2) is 18.1 Å². The molecule has 2 heterocycles. The summed E-state index contributed by atoms with van der Waals surface area (Å²) in [6.45, 7) is 1.68. The van der Waals surface area contributed by atoms with Crippen molar-refractivity contribution in [3.05, 3.63) is 5.38 Å². The number of nitrogens with zero attached hydrogens (tertiary/aromatic N) is 2. The van der Waals surface area contributed by atoms with Crippen LogP contribution < -0.4 is 15.1 Å². The number of hydrogen-bond acceptors (Lipinski definition) is 5. The van der Waals surface area contributed by atoms with Gasteiger partial charge < -0.3 is 4.90 Å². The minimum Gasteiger partial charge on any atom is -0.348 e. The van der Waals surface area contributed by atoms with Gasteiger partial charge in [0.2, 0.25) is 10.0 Å². The van der Waals surface area contributed by atoms with Crippen molar-refractivity contribution in [3.8, 4) is 0 Å². The van der Waals surface area contributed by atoms with Gasteiger partial charge in [0.15, 0.2) is 5.13 Å². The molecule has 5 nitrogen and oxygen atoms in total. The Kier molecular flexibility index (Phi) is 4.37. The van der Waals surface area contributed by atoms with Crippen LogP contribution in [-0.2, 0) is 10.0 Å². The van der Waals surface area contributed by atoms with Gasteiger partial charge in [0.25, 0.3) is 0 Å². The zero-order chi connectivity index (χ0) is 13.2. The predicted molar refractivity (Wildman–Crippen MR) is 79.0 cm³/mol. The Morgan fingerprint density at radius 1 is 1.56 bits per heavy atom. The molecule has 0 saturated carbocycles. The van der Waals surface area contributed by atoms with E-state index in [-0.39, 0.29) is 6.04 Å². The number of anilines is 1. The van der Waals surface area contributed by atoms with Crippen molar-refractivity contribution in [1.82, 2.24) is 9.71 Å². The summed E-state index contributed by atoms with van der Waals surface area (Å²) >= 11 is 1.62. The molecule has 100 valence electrons. The molecule has 1 saturated heterocycles. The normalized spacial score (nSPS) is 18.4. The zero-order valence-electron chi connectivity index (χ0n) is 10.2. The van der Waals surface area contributed by atoms with Crippen LogP contribution in [-0.4, -0.2) is 45.1 Å². The van der Waals surface area contributed by atoms with E-state index in [0.29, 0.717) is 0 Å². The van der Waals surface area contributed by atoms with Gasteiger partial charge in [-0.2, -0.15) is 0 Å². The summed E-state index contributed by atoms with van der Waals surface area (Å²) in [6, 6.07) is 0.0571. The van der Waals surface area contributed by atoms with Crippen LogP contribution in [0.1, 0.15) is 12.8 Å². The smallest absolute Gasteiger partial charge is 0.208 e. The average Bonchev–Trinajstić information content (AvgIpc) is 2.76. The Hall–Kier alpha value is -0.490. The lowest BCUT2D eigenvalue weighted by Crippen LogP contribution is -2.44. The molecule has 0 radical (unpaired) electrons. The Balaban J connectivity index is 1.92. The zero-order valence-corrected chi connectivity index (χ0v) is 12.7. The van der Waals surface area contributed by atoms with E-state index < -0.39 is 10.0 Å². The lowest BCUT2D eigenvalue weighted by atomic mass is 10.1. The van der Waals surface area contributed by atoms with Crippen molar-refractivity contribution in [3.63, 3.8) is 0 Å². The molecule has 0 unspecified atom stereocenters. The van der Waals surface area contributed by atoms with Gasteiger partial charge in [-0.1, -0.05) is 14.5 Å². The number of hydrogen-bond donors (Lipinski definition) is 1. The molecule has 1 aromatic rings. The third kappa shape index (κ3) is 3.75. The Bertz CT molecular complexity index is 521. The fraction of sp³-hybridized carbons (Fsp3) is 0.600. The van der Waals surface area contributed by atoms with Gasteiger partial charge >= 0.3 is 0 Å². The quantitative estimate of drug-likeness (QED) is 0.830. The molecule has 1 N–H and O–H groups in total. The summed E-state index contributed by atoms with van der Waals surface area (Å²) in [5.74, 6) is 0. The van der Waals surface area contributed by atoms with Gasteiger partial charge in [0.05, 0.1) is 6.26 Å². The van der Waals surface area contributed by atoms with Crippen molar-refractivity contribution in [2.45, 2.75) is 18.9 Å². The largest absolute Gasteiger partial charge is 0.348 e. The second-order valence-electron chi connectivity index (χ2n) is 4.30. The summed E-state index contributed by atoms with van der Waals surface area (Å²) in [7, 11) is -2.16. The molecular formula is C10H16N3O2PS2. The highest BCUT2D eigenvalue weighted by Crippen LogP contribution is 2.22. The standard InChI is InChI=1S/C10H16N3O2PS2/c1-16-9-7-17-10(11-9)13-5-3-8(4-6-13)12-18(2,14)15/h7-8,12H,1,3-6H2,2H3. The van der Waals surface area contributed by atoms with Gasteiger partial charge in [-0.05, 0) is 12.8 Å². The molecule has 1 aromatic heterocycles. The monoisotopic (exact) mass is 305 g/mol. The second kappa shape index (κ2) is 5.65. The van der Waals surface area contributed by atoms with E-state index in [2.05, 4.69) is 20.9 Å². The summed E-state index contributed by atoms with van der Waals surface area (Å²) in [5, 5.41) is 3.03. The SMILES string of the molecule is C=Pc1csc(N2CCC(NS(C)(=O)=O)CC2)n1. The van der Waals surface area contributed by atoms with E-state index in [4.69, 9.17) is 0 Å². The van der Waals surface area contributed by atoms with Crippen LogP contribution in [0.15, 0.2) is 5.38 Å². The van der Waals surface area contributed by atoms with Crippen molar-refractivity contribution in [2.24, 2.45) is 0 Å². The highest BCUT2D eigenvalue weighted by atomic mass is 32.2. The lowest BCUT2D eigenvalue weighted by molar-refractivity contribution is 0.461. The maximum absolute atomic E-state index is 11.2. The highest BCUT2D eigenvalue weighted by Gasteiger charge is 2.23. The number of piperidine rings is 1. The summed E-state index contributed by atoms with van der Waals surface area (Å²) in [4.78, 5) is 6.69. The van der Waals surface area contributed by atoms with E-state index in [9.17, 15) is 8.42 Å². The molecule has 0 bridgehead atoms. The molecule has 8 heteroatoms. The third-order valence-corrected chi connectivity index (χ3v) is 5.18. The number of aromatic nitrogens is 1. The molecule has 0 amide bonds. The maximum atomic E-state index is 11.2. The van der Waals surface area contributed by atoms with Crippen molar-refractivity contribution < 1.29 is 8.42 Å². The average molecular weight is 305 g/mol. The summed E-state index contributed by atoms with van der Waals surface area (Å²) in [6.07, 6.45) is 6.64. The molecule has 2 rings (SSSR count). The molecule has 0 atom stereocenters. The van der Waals surface area contributed by atoms with Crippen molar-refractivity contribution in [2.75, 3.05) is 24.2 Å². The topological polar surface area (TPSA) is 62.3 Å². The maximum Gasteiger partial charge on any atom is 0.208 e. The van der Waals surface area contributed by atoms with Crippen LogP contribution in [0.5, 0.6) is 0 Å². The number of nitrogens with one attached hydrogen (secondary N) is 1. The molecular weight excluding hydrogens is 289 g/mol. The van der Waals surface area contributed by atoms with Crippen LogP contribution >= 0.6 is 19.5 Å². The first-order valence-electron chi connectivity index (χ1n) is 5.62. The van der Waals surface area contributed by atoms with Gasteiger partial charge in [0, 0.05) is 24.5 Å². The fourth-order valence-corrected chi connectivity index (χ4v) is 4.24. The van der Waals surface area contributed by atoms with Crippen molar-refractivity contribution >= 4 is 46.4 Å². The van der Waals surface area contributed by atoms with Crippen LogP contribution in [0.3, 0.4) is 0 Å². The third-order valence-electron chi connectivity index (χ3n) is 2.79. The minimum absolute atomic E-state index is 0.0571. The van der Waals surface area contributed by atoms with Gasteiger partial charge in [0.1, 0.15) is 5.44 Å². The van der Waals surface area contributed by atoms with E-state index in [0.717, 1.165) is 44.7 Å². The number of thiazole rings is 1. The first-order valence-corrected chi connectivity index (χ1v) is 9.47. The molecule has 0 aliphatic carbocycles. The molecule has 0 spiro atoms. The van der Waals surface area contributed by atoms with E-state index in [1.54, 1.807) is 11.3 Å². The van der Waals surface area contributed by atoms with Crippen molar-refractivity contribution in [1.29, 1.82) is 0 Å². The second-order valence-corrected chi connectivity index (χ2v) is 7.69. The van der Waals surface area contributed by atoms with Gasteiger partial charge in [-0.3, -0.25) is 0 Å².